The second-order valence-corrected chi connectivity index (χ2v) is 6.73. The number of hydrogen-bond donors (Lipinski definition) is 0. The summed E-state index contributed by atoms with van der Waals surface area (Å²) in [6.07, 6.45) is 0.676. The minimum atomic E-state index is 0.676. The van der Waals surface area contributed by atoms with E-state index in [4.69, 9.17) is 16.7 Å². The fourth-order valence-corrected chi connectivity index (χ4v) is 3.55. The molecule has 0 saturated heterocycles. The summed E-state index contributed by atoms with van der Waals surface area (Å²) < 4.78 is 1.83. The van der Waals surface area contributed by atoms with Crippen molar-refractivity contribution in [2.75, 3.05) is 0 Å². The molecule has 6 heteroatoms. The molecule has 0 aliphatic carbocycles. The molecule has 4 nitrogen and oxygen atoms in total. The second kappa shape index (κ2) is 5.76. The zero-order chi connectivity index (χ0) is 15.8. The van der Waals surface area contributed by atoms with E-state index >= 15 is 0 Å². The molecule has 0 atom stereocenters. The van der Waals surface area contributed by atoms with Crippen LogP contribution in [0.15, 0.2) is 48.5 Å². The van der Waals surface area contributed by atoms with Crippen molar-refractivity contribution >= 4 is 27.9 Å². The van der Waals surface area contributed by atoms with Crippen molar-refractivity contribution in [2.24, 2.45) is 0 Å². The number of rotatable bonds is 3. The van der Waals surface area contributed by atoms with Crippen molar-refractivity contribution in [3.8, 4) is 10.6 Å². The van der Waals surface area contributed by atoms with E-state index in [0.717, 1.165) is 31.9 Å². The molecule has 23 heavy (non-hydrogen) atoms. The van der Waals surface area contributed by atoms with Gasteiger partial charge in [0.05, 0.1) is 0 Å². The molecule has 114 valence electrons. The number of halogens is 1. The zero-order valence-corrected chi connectivity index (χ0v) is 14.0. The van der Waals surface area contributed by atoms with Gasteiger partial charge in [-0.2, -0.15) is 9.61 Å². The van der Waals surface area contributed by atoms with Gasteiger partial charge in [0.1, 0.15) is 5.01 Å². The summed E-state index contributed by atoms with van der Waals surface area (Å²) in [6.45, 7) is 2.09. The molecular weight excluding hydrogens is 328 g/mol. The van der Waals surface area contributed by atoms with Gasteiger partial charge in [0.15, 0.2) is 5.82 Å². The van der Waals surface area contributed by atoms with Crippen LogP contribution < -0.4 is 0 Å². The number of benzene rings is 2. The van der Waals surface area contributed by atoms with Crippen molar-refractivity contribution in [3.05, 3.63) is 70.5 Å². The van der Waals surface area contributed by atoms with E-state index in [1.165, 1.54) is 5.56 Å². The van der Waals surface area contributed by atoms with Crippen molar-refractivity contribution in [1.29, 1.82) is 0 Å². The molecule has 0 fully saturated rings. The number of nitrogens with zero attached hydrogens (tertiary/aromatic N) is 4. The van der Waals surface area contributed by atoms with Gasteiger partial charge in [-0.15, -0.1) is 10.2 Å². The minimum absolute atomic E-state index is 0.676. The van der Waals surface area contributed by atoms with Crippen molar-refractivity contribution < 1.29 is 0 Å². The summed E-state index contributed by atoms with van der Waals surface area (Å²) in [4.78, 5) is 0.812. The fraction of sp³-hybridized carbons (Fsp3) is 0.118. The van der Waals surface area contributed by atoms with Gasteiger partial charge in [-0.25, -0.2) is 0 Å². The average Bonchev–Trinajstić information content (AvgIpc) is 3.12. The molecule has 0 radical (unpaired) electrons. The van der Waals surface area contributed by atoms with Crippen molar-refractivity contribution in [1.82, 2.24) is 19.8 Å². The number of fused-ring (bicyclic) bond motifs is 1. The van der Waals surface area contributed by atoms with E-state index in [-0.39, 0.29) is 0 Å². The number of hydrogen-bond acceptors (Lipinski definition) is 4. The SMILES string of the molecule is Cc1ccccc1-c1nn2c(Cc3ccc(Cl)cc3)nnc2s1. The maximum atomic E-state index is 5.93. The van der Waals surface area contributed by atoms with E-state index in [2.05, 4.69) is 29.3 Å². The molecule has 4 aromatic rings. The summed E-state index contributed by atoms with van der Waals surface area (Å²) in [5.41, 5.74) is 3.48. The molecule has 4 rings (SSSR count). The molecule has 0 unspecified atom stereocenters. The molecule has 0 aliphatic rings. The maximum Gasteiger partial charge on any atom is 0.234 e. The molecule has 2 aromatic carbocycles. The first kappa shape index (κ1) is 14.4. The largest absolute Gasteiger partial charge is 0.234 e. The first-order valence-electron chi connectivity index (χ1n) is 7.22. The summed E-state index contributed by atoms with van der Waals surface area (Å²) in [7, 11) is 0. The van der Waals surface area contributed by atoms with E-state index in [1.54, 1.807) is 11.3 Å². The predicted molar refractivity (Wildman–Crippen MR) is 93.1 cm³/mol. The molecule has 0 aliphatic heterocycles. The third-order valence-electron chi connectivity index (χ3n) is 3.71. The van der Waals surface area contributed by atoms with Crippen LogP contribution in [0.3, 0.4) is 0 Å². The predicted octanol–water partition coefficient (Wildman–Crippen LogP) is 4.41. The molecule has 2 heterocycles. The first-order valence-corrected chi connectivity index (χ1v) is 8.42. The Bertz CT molecular complexity index is 972. The Kier molecular flexibility index (Phi) is 3.59. The first-order chi connectivity index (χ1) is 11.2. The second-order valence-electron chi connectivity index (χ2n) is 5.34. The normalized spacial score (nSPS) is 11.2. The van der Waals surface area contributed by atoms with Gasteiger partial charge in [0, 0.05) is 17.0 Å². The van der Waals surface area contributed by atoms with Gasteiger partial charge < -0.3 is 0 Å². The van der Waals surface area contributed by atoms with Crippen LogP contribution in [0.1, 0.15) is 17.0 Å². The molecule has 0 amide bonds. The third-order valence-corrected chi connectivity index (χ3v) is 4.89. The van der Waals surface area contributed by atoms with Gasteiger partial charge in [-0.1, -0.05) is 59.3 Å². The summed E-state index contributed by atoms with van der Waals surface area (Å²) in [5.74, 6) is 0.832. The minimum Gasteiger partial charge on any atom is -0.187 e. The van der Waals surface area contributed by atoms with Crippen LogP contribution in [0, 0.1) is 6.92 Å². The zero-order valence-electron chi connectivity index (χ0n) is 12.4. The highest BCUT2D eigenvalue weighted by molar-refractivity contribution is 7.19. The molecule has 0 bridgehead atoms. The Labute approximate surface area is 142 Å². The molecule has 0 N–H and O–H groups in total. The van der Waals surface area contributed by atoms with Crippen LogP contribution in [0.5, 0.6) is 0 Å². The Balaban J connectivity index is 1.72. The molecule has 2 aromatic heterocycles. The van der Waals surface area contributed by atoms with Crippen LogP contribution in [0.25, 0.3) is 15.5 Å². The highest BCUT2D eigenvalue weighted by Crippen LogP contribution is 2.28. The lowest BCUT2D eigenvalue weighted by atomic mass is 10.1. The lowest BCUT2D eigenvalue weighted by molar-refractivity contribution is 0.854. The van der Waals surface area contributed by atoms with Gasteiger partial charge >= 0.3 is 0 Å². The van der Waals surface area contributed by atoms with Crippen molar-refractivity contribution in [2.45, 2.75) is 13.3 Å². The van der Waals surface area contributed by atoms with Gasteiger partial charge in [-0.05, 0) is 30.2 Å². The third kappa shape index (κ3) is 2.73. The van der Waals surface area contributed by atoms with Crippen molar-refractivity contribution in [3.63, 3.8) is 0 Å². The number of aryl methyl sites for hydroxylation is 1. The van der Waals surface area contributed by atoms with E-state index in [0.29, 0.717) is 6.42 Å². The topological polar surface area (TPSA) is 43.1 Å². The monoisotopic (exact) mass is 340 g/mol. The highest BCUT2D eigenvalue weighted by atomic mass is 35.5. The standard InChI is InChI=1S/C17H13ClN4S/c1-11-4-2-3-5-14(11)16-21-22-15(19-20-17(22)23-16)10-12-6-8-13(18)9-7-12/h2-9H,10H2,1H3. The van der Waals surface area contributed by atoms with Gasteiger partial charge in [-0.3, -0.25) is 0 Å². The van der Waals surface area contributed by atoms with Gasteiger partial charge in [0.25, 0.3) is 0 Å². The van der Waals surface area contributed by atoms with E-state index in [1.807, 2.05) is 40.9 Å². The van der Waals surface area contributed by atoms with Crippen LogP contribution in [0.2, 0.25) is 5.02 Å². The van der Waals surface area contributed by atoms with E-state index in [9.17, 15) is 0 Å². The quantitative estimate of drug-likeness (QED) is 0.555. The van der Waals surface area contributed by atoms with Crippen LogP contribution in [-0.4, -0.2) is 19.8 Å². The molecule has 0 spiro atoms. The van der Waals surface area contributed by atoms with Crippen LogP contribution >= 0.6 is 22.9 Å². The Morgan fingerprint density at radius 1 is 1.04 bits per heavy atom. The number of aromatic nitrogens is 4. The average molecular weight is 341 g/mol. The van der Waals surface area contributed by atoms with E-state index < -0.39 is 0 Å². The summed E-state index contributed by atoms with van der Waals surface area (Å²) in [5, 5.41) is 14.9. The lowest BCUT2D eigenvalue weighted by Crippen LogP contribution is -1.97. The fourth-order valence-electron chi connectivity index (χ4n) is 2.47. The van der Waals surface area contributed by atoms with Gasteiger partial charge in [0.2, 0.25) is 4.96 Å². The van der Waals surface area contributed by atoms with Crippen LogP contribution in [0.4, 0.5) is 0 Å². The molecule has 0 saturated carbocycles. The maximum absolute atomic E-state index is 5.93. The highest BCUT2D eigenvalue weighted by Gasteiger charge is 2.14. The molecular formula is C17H13ClN4S. The smallest absolute Gasteiger partial charge is 0.187 e. The van der Waals surface area contributed by atoms with Crippen LogP contribution in [-0.2, 0) is 6.42 Å². The Morgan fingerprint density at radius 2 is 1.83 bits per heavy atom. The Hall–Kier alpha value is -2.24. The lowest BCUT2D eigenvalue weighted by Gasteiger charge is -2.00. The summed E-state index contributed by atoms with van der Waals surface area (Å²) in [6, 6.07) is 16.0. The summed E-state index contributed by atoms with van der Waals surface area (Å²) >= 11 is 7.49. The Morgan fingerprint density at radius 3 is 2.61 bits per heavy atom.